The van der Waals surface area contributed by atoms with Crippen molar-refractivity contribution < 1.29 is 18.1 Å². The van der Waals surface area contributed by atoms with Crippen LogP contribution >= 0.6 is 22.6 Å². The summed E-state index contributed by atoms with van der Waals surface area (Å²) in [6.07, 6.45) is 0.330. The largest absolute Gasteiger partial charge is 0.598 e. The van der Waals surface area contributed by atoms with Gasteiger partial charge in [0, 0.05) is 33.3 Å². The van der Waals surface area contributed by atoms with Gasteiger partial charge >= 0.3 is 0 Å². The first kappa shape index (κ1) is 19.2. The zero-order valence-corrected chi connectivity index (χ0v) is 16.9. The van der Waals surface area contributed by atoms with E-state index in [2.05, 4.69) is 27.3 Å². The normalized spacial score (nSPS) is 23.3. The van der Waals surface area contributed by atoms with Crippen molar-refractivity contribution in [3.63, 3.8) is 0 Å². The number of hydrogen-bond acceptors (Lipinski definition) is 3. The molecule has 0 saturated heterocycles. The Kier molecular flexibility index (Phi) is 5.55. The van der Waals surface area contributed by atoms with E-state index in [1.165, 1.54) is 0 Å². The monoisotopic (exact) mass is 457 g/mol. The number of ether oxygens (including phenoxy) is 1. The predicted octanol–water partition coefficient (Wildman–Crippen LogP) is 4.21. The lowest BCUT2D eigenvalue weighted by atomic mass is 9.98. The Balaban J connectivity index is 2.38. The Hall–Kier alpha value is -0.120. The molecule has 1 aliphatic rings. The second-order valence-corrected chi connectivity index (χ2v) is 9.91. The topological polar surface area (TPSA) is 44.3 Å². The Labute approximate surface area is 153 Å². The van der Waals surface area contributed by atoms with Crippen LogP contribution in [-0.2, 0) is 17.8 Å². The molecule has 130 valence electrons. The summed E-state index contributed by atoms with van der Waals surface area (Å²) in [4.78, 5) is 0. The molecule has 0 fully saturated rings. The van der Waals surface area contributed by atoms with Crippen LogP contribution in [0.25, 0.3) is 0 Å². The van der Waals surface area contributed by atoms with Crippen molar-refractivity contribution in [2.75, 3.05) is 4.43 Å². The fraction of sp³-hybridized carbons (Fsp3) is 0.625. The van der Waals surface area contributed by atoms with E-state index in [1.54, 1.807) is 6.92 Å². The predicted molar refractivity (Wildman–Crippen MR) is 97.4 cm³/mol. The molecule has 3 atom stereocenters. The highest BCUT2D eigenvalue weighted by Crippen LogP contribution is 2.43. The summed E-state index contributed by atoms with van der Waals surface area (Å²) in [5.41, 5.74) is 0.231. The molecule has 1 aromatic rings. The smallest absolute Gasteiger partial charge is 0.165 e. The average Bonchev–Trinajstić information content (AvgIpc) is 2.80. The third kappa shape index (κ3) is 3.93. The molecular formula is C16H22F2INO2S. The second kappa shape index (κ2) is 6.65. The van der Waals surface area contributed by atoms with Crippen LogP contribution in [0.2, 0.25) is 0 Å². The summed E-state index contributed by atoms with van der Waals surface area (Å²) in [7, 11) is 0. The Morgan fingerprint density at radius 2 is 2.09 bits per heavy atom. The molecule has 0 amide bonds. The van der Waals surface area contributed by atoms with Gasteiger partial charge in [-0.2, -0.15) is 0 Å². The summed E-state index contributed by atoms with van der Waals surface area (Å²) in [6, 6.07) is 0.723. The number of rotatable bonds is 4. The van der Waals surface area contributed by atoms with Gasteiger partial charge in [-0.15, -0.1) is 4.72 Å². The summed E-state index contributed by atoms with van der Waals surface area (Å²) >= 11 is 0.858. The van der Waals surface area contributed by atoms with Gasteiger partial charge < -0.3 is 9.29 Å². The van der Waals surface area contributed by atoms with Gasteiger partial charge in [-0.25, -0.2) is 8.78 Å². The van der Waals surface area contributed by atoms with Crippen LogP contribution in [0.15, 0.2) is 6.07 Å². The summed E-state index contributed by atoms with van der Waals surface area (Å²) in [6.45, 7) is 9.21. The van der Waals surface area contributed by atoms with Crippen LogP contribution in [0.4, 0.5) is 8.78 Å². The van der Waals surface area contributed by atoms with Gasteiger partial charge in [0.15, 0.2) is 11.6 Å². The fourth-order valence-corrected chi connectivity index (χ4v) is 3.64. The maximum atomic E-state index is 14.1. The van der Waals surface area contributed by atoms with E-state index in [-0.39, 0.29) is 5.56 Å². The number of alkyl halides is 1. The molecule has 0 saturated carbocycles. The minimum atomic E-state index is -1.32. The molecule has 0 bridgehead atoms. The molecule has 0 aliphatic carbocycles. The van der Waals surface area contributed by atoms with Crippen molar-refractivity contribution in [3.8, 4) is 5.75 Å². The van der Waals surface area contributed by atoms with Crippen LogP contribution in [0.1, 0.15) is 51.8 Å². The van der Waals surface area contributed by atoms with Crippen molar-refractivity contribution in [2.24, 2.45) is 0 Å². The molecule has 1 aliphatic heterocycles. The molecule has 0 aromatic heterocycles. The van der Waals surface area contributed by atoms with Gasteiger partial charge in [-0.05, 0) is 40.7 Å². The quantitative estimate of drug-likeness (QED) is 0.419. The number of benzene rings is 1. The van der Waals surface area contributed by atoms with Crippen LogP contribution in [0.3, 0.4) is 0 Å². The SMILES string of the molecule is C[C@@H](N[S+]([O-])C(C)(C)C)c1cc(F)c(F)c2c1O[C@@](C)(CI)C2. The zero-order valence-electron chi connectivity index (χ0n) is 13.9. The molecule has 3 nitrogen and oxygen atoms in total. The highest BCUT2D eigenvalue weighted by atomic mass is 127. The van der Waals surface area contributed by atoms with Crippen molar-refractivity contribution in [1.29, 1.82) is 0 Å². The van der Waals surface area contributed by atoms with Crippen LogP contribution in [-0.4, -0.2) is 19.3 Å². The fourth-order valence-electron chi connectivity index (χ4n) is 2.42. The molecule has 2 rings (SSSR count). The van der Waals surface area contributed by atoms with Gasteiger partial charge in [-0.3, -0.25) is 0 Å². The number of hydrogen-bond donors (Lipinski definition) is 1. The molecule has 0 spiro atoms. The maximum absolute atomic E-state index is 14.1. The number of halogens is 3. The molecule has 1 heterocycles. The lowest BCUT2D eigenvalue weighted by Gasteiger charge is -2.27. The van der Waals surface area contributed by atoms with Crippen molar-refractivity contribution in [2.45, 2.75) is 57.4 Å². The van der Waals surface area contributed by atoms with Gasteiger partial charge in [0.2, 0.25) is 0 Å². The highest BCUT2D eigenvalue weighted by Gasteiger charge is 2.40. The van der Waals surface area contributed by atoms with E-state index in [9.17, 15) is 13.3 Å². The molecule has 0 radical (unpaired) electrons. The molecule has 1 aromatic carbocycles. The van der Waals surface area contributed by atoms with E-state index in [1.807, 2.05) is 27.7 Å². The summed E-state index contributed by atoms with van der Waals surface area (Å²) in [5.74, 6) is -1.36. The van der Waals surface area contributed by atoms with Crippen LogP contribution < -0.4 is 9.46 Å². The Bertz CT molecular complexity index is 609. The standard InChI is InChI=1S/C16H22F2INO2S/c1-9(20-23(21)15(2,3)4)10-6-12(17)13(18)11-7-16(5,8-19)22-14(10)11/h6,9,20H,7-8H2,1-5H3/t9-,16-,23?/m1/s1. The highest BCUT2D eigenvalue weighted by molar-refractivity contribution is 14.1. The Morgan fingerprint density at radius 1 is 1.48 bits per heavy atom. The first-order valence-corrected chi connectivity index (χ1v) is 10.1. The third-order valence-electron chi connectivity index (χ3n) is 3.78. The summed E-state index contributed by atoms with van der Waals surface area (Å²) < 4.78 is 49.5. The lowest BCUT2D eigenvalue weighted by Crippen LogP contribution is -2.40. The van der Waals surface area contributed by atoms with Crippen LogP contribution in [0.5, 0.6) is 5.75 Å². The Morgan fingerprint density at radius 3 is 2.61 bits per heavy atom. The van der Waals surface area contributed by atoms with Crippen LogP contribution in [0, 0.1) is 11.6 Å². The molecule has 1 N–H and O–H groups in total. The molecule has 23 heavy (non-hydrogen) atoms. The van der Waals surface area contributed by atoms with Crippen molar-refractivity contribution in [1.82, 2.24) is 4.72 Å². The van der Waals surface area contributed by atoms with E-state index in [0.717, 1.165) is 6.07 Å². The van der Waals surface area contributed by atoms with Crippen molar-refractivity contribution >= 4 is 34.0 Å². The zero-order chi connectivity index (χ0) is 17.6. The van der Waals surface area contributed by atoms with Gasteiger partial charge in [-0.1, -0.05) is 22.6 Å². The second-order valence-electron chi connectivity index (χ2n) is 7.15. The first-order chi connectivity index (χ1) is 10.5. The first-order valence-electron chi connectivity index (χ1n) is 7.42. The molecule has 7 heteroatoms. The van der Waals surface area contributed by atoms with E-state index < -0.39 is 39.4 Å². The summed E-state index contributed by atoms with van der Waals surface area (Å²) in [5, 5.41) is 0. The van der Waals surface area contributed by atoms with Gasteiger partial charge in [0.1, 0.15) is 16.1 Å². The van der Waals surface area contributed by atoms with E-state index in [0.29, 0.717) is 22.2 Å². The maximum Gasteiger partial charge on any atom is 0.165 e. The minimum absolute atomic E-state index is 0.273. The van der Waals surface area contributed by atoms with Gasteiger partial charge in [0.25, 0.3) is 0 Å². The van der Waals surface area contributed by atoms with E-state index >= 15 is 0 Å². The number of fused-ring (bicyclic) bond motifs is 1. The number of nitrogens with one attached hydrogen (secondary N) is 1. The molecule has 1 unspecified atom stereocenters. The lowest BCUT2D eigenvalue weighted by molar-refractivity contribution is 0.145. The average molecular weight is 457 g/mol. The molecular weight excluding hydrogens is 435 g/mol. The van der Waals surface area contributed by atoms with E-state index in [4.69, 9.17) is 4.74 Å². The minimum Gasteiger partial charge on any atom is -0.598 e. The third-order valence-corrected chi connectivity index (χ3v) is 7.08. The van der Waals surface area contributed by atoms with Crippen molar-refractivity contribution in [3.05, 3.63) is 28.8 Å². The van der Waals surface area contributed by atoms with Gasteiger partial charge in [0.05, 0.1) is 6.04 Å².